The van der Waals surface area contributed by atoms with Gasteiger partial charge in [-0.05, 0) is 57.1 Å². The zero-order valence-electron chi connectivity index (χ0n) is 13.1. The van der Waals surface area contributed by atoms with Crippen molar-refractivity contribution in [2.24, 2.45) is 5.73 Å². The van der Waals surface area contributed by atoms with Crippen molar-refractivity contribution < 1.29 is 4.74 Å². The summed E-state index contributed by atoms with van der Waals surface area (Å²) in [5.74, 6) is 1.57. The molecule has 0 aliphatic heterocycles. The van der Waals surface area contributed by atoms with Gasteiger partial charge in [0.2, 0.25) is 0 Å². The quantitative estimate of drug-likeness (QED) is 0.795. The zero-order valence-corrected chi connectivity index (χ0v) is 13.1. The Hall–Kier alpha value is -1.02. The van der Waals surface area contributed by atoms with Crippen LogP contribution in [-0.4, -0.2) is 12.6 Å². The Labute approximate surface area is 118 Å². The van der Waals surface area contributed by atoms with Crippen LogP contribution in [0.5, 0.6) is 5.75 Å². The van der Waals surface area contributed by atoms with E-state index in [0.29, 0.717) is 12.0 Å². The molecule has 0 aromatic heterocycles. The van der Waals surface area contributed by atoms with E-state index in [1.807, 2.05) is 6.92 Å². The summed E-state index contributed by atoms with van der Waals surface area (Å²) in [7, 11) is 0. The van der Waals surface area contributed by atoms with Gasteiger partial charge in [0, 0.05) is 6.04 Å². The Morgan fingerprint density at radius 2 is 1.84 bits per heavy atom. The van der Waals surface area contributed by atoms with Crippen molar-refractivity contribution in [1.29, 1.82) is 0 Å². The topological polar surface area (TPSA) is 35.2 Å². The number of nitrogens with two attached hydrogens (primary N) is 1. The molecule has 0 aliphatic rings. The van der Waals surface area contributed by atoms with Gasteiger partial charge in [-0.2, -0.15) is 0 Å². The largest absolute Gasteiger partial charge is 0.493 e. The molecule has 2 nitrogen and oxygen atoms in total. The van der Waals surface area contributed by atoms with Crippen molar-refractivity contribution in [2.75, 3.05) is 6.61 Å². The maximum absolute atomic E-state index is 6.02. The number of rotatable bonds is 7. The van der Waals surface area contributed by atoms with E-state index in [1.54, 1.807) is 0 Å². The molecule has 0 amide bonds. The fourth-order valence-electron chi connectivity index (χ4n) is 2.52. The summed E-state index contributed by atoms with van der Waals surface area (Å²) in [5.41, 5.74) is 9.91. The van der Waals surface area contributed by atoms with Gasteiger partial charge in [-0.15, -0.1) is 0 Å². The minimum absolute atomic E-state index is 0.323. The number of ether oxygens (including phenoxy) is 1. The Morgan fingerprint density at radius 3 is 2.42 bits per heavy atom. The molecular formula is C17H29NO. The average molecular weight is 263 g/mol. The van der Waals surface area contributed by atoms with E-state index in [4.69, 9.17) is 10.5 Å². The third-order valence-corrected chi connectivity index (χ3v) is 3.76. The van der Waals surface area contributed by atoms with Gasteiger partial charge in [0.25, 0.3) is 0 Å². The molecule has 2 unspecified atom stereocenters. The van der Waals surface area contributed by atoms with Crippen LogP contribution in [0.2, 0.25) is 0 Å². The number of hydrogen-bond donors (Lipinski definition) is 1. The lowest BCUT2D eigenvalue weighted by Crippen LogP contribution is -2.19. The van der Waals surface area contributed by atoms with Crippen LogP contribution >= 0.6 is 0 Å². The van der Waals surface area contributed by atoms with Gasteiger partial charge < -0.3 is 10.5 Å². The summed E-state index contributed by atoms with van der Waals surface area (Å²) >= 11 is 0. The minimum atomic E-state index is 0.323. The van der Waals surface area contributed by atoms with Crippen molar-refractivity contribution in [1.82, 2.24) is 0 Å². The molecule has 0 saturated carbocycles. The van der Waals surface area contributed by atoms with Crippen LogP contribution in [0.3, 0.4) is 0 Å². The molecule has 108 valence electrons. The first-order valence-electron chi connectivity index (χ1n) is 7.49. The highest BCUT2D eigenvalue weighted by Gasteiger charge is 2.15. The predicted molar refractivity (Wildman–Crippen MR) is 83.0 cm³/mol. The summed E-state index contributed by atoms with van der Waals surface area (Å²) in [4.78, 5) is 0. The fraction of sp³-hybridized carbons (Fsp3) is 0.647. The number of benzene rings is 1. The first-order valence-corrected chi connectivity index (χ1v) is 7.49. The molecule has 0 saturated heterocycles. The molecule has 2 atom stereocenters. The second kappa shape index (κ2) is 7.54. The Balaban J connectivity index is 2.90. The van der Waals surface area contributed by atoms with E-state index in [-0.39, 0.29) is 0 Å². The molecule has 2 N–H and O–H groups in total. The van der Waals surface area contributed by atoms with E-state index in [9.17, 15) is 0 Å². The Kier molecular flexibility index (Phi) is 6.36. The van der Waals surface area contributed by atoms with Crippen LogP contribution in [0.25, 0.3) is 0 Å². The van der Waals surface area contributed by atoms with Crippen molar-refractivity contribution >= 4 is 0 Å². The van der Waals surface area contributed by atoms with E-state index in [0.717, 1.165) is 31.6 Å². The van der Waals surface area contributed by atoms with Gasteiger partial charge in [-0.25, -0.2) is 0 Å². The number of aryl methyl sites for hydroxylation is 2. The van der Waals surface area contributed by atoms with Crippen LogP contribution < -0.4 is 10.5 Å². The average Bonchev–Trinajstić information content (AvgIpc) is 2.38. The fourth-order valence-corrected chi connectivity index (χ4v) is 2.52. The van der Waals surface area contributed by atoms with Crippen LogP contribution in [0.15, 0.2) is 12.1 Å². The zero-order chi connectivity index (χ0) is 14.4. The first-order chi connectivity index (χ1) is 8.99. The van der Waals surface area contributed by atoms with E-state index < -0.39 is 0 Å². The van der Waals surface area contributed by atoms with Crippen LogP contribution in [0.1, 0.15) is 62.6 Å². The minimum Gasteiger partial charge on any atom is -0.493 e. The van der Waals surface area contributed by atoms with Crippen molar-refractivity contribution in [2.45, 2.75) is 65.8 Å². The molecule has 1 aromatic rings. The molecule has 0 fully saturated rings. The van der Waals surface area contributed by atoms with E-state index >= 15 is 0 Å². The van der Waals surface area contributed by atoms with Gasteiger partial charge >= 0.3 is 0 Å². The second-order valence-corrected chi connectivity index (χ2v) is 5.58. The molecule has 19 heavy (non-hydrogen) atoms. The monoisotopic (exact) mass is 263 g/mol. The van der Waals surface area contributed by atoms with Crippen molar-refractivity contribution in [3.8, 4) is 5.75 Å². The SMILES string of the molecule is CCOc1c(C)cc(C)cc1C(C)CCC(N)CC. The van der Waals surface area contributed by atoms with Crippen LogP contribution in [-0.2, 0) is 0 Å². The van der Waals surface area contributed by atoms with Gasteiger partial charge in [0.1, 0.15) is 5.75 Å². The summed E-state index contributed by atoms with van der Waals surface area (Å²) < 4.78 is 5.85. The van der Waals surface area contributed by atoms with Gasteiger partial charge in [-0.3, -0.25) is 0 Å². The lowest BCUT2D eigenvalue weighted by atomic mass is 9.90. The molecule has 0 bridgehead atoms. The summed E-state index contributed by atoms with van der Waals surface area (Å²) in [6.45, 7) is 11.5. The third kappa shape index (κ3) is 4.54. The highest BCUT2D eigenvalue weighted by Crippen LogP contribution is 2.34. The maximum atomic E-state index is 6.02. The van der Waals surface area contributed by atoms with Gasteiger partial charge in [-0.1, -0.05) is 31.5 Å². The highest BCUT2D eigenvalue weighted by atomic mass is 16.5. The molecule has 0 radical (unpaired) electrons. The Morgan fingerprint density at radius 1 is 1.16 bits per heavy atom. The molecule has 1 aromatic carbocycles. The van der Waals surface area contributed by atoms with E-state index in [2.05, 4.69) is 39.8 Å². The maximum Gasteiger partial charge on any atom is 0.125 e. The van der Waals surface area contributed by atoms with Crippen molar-refractivity contribution in [3.63, 3.8) is 0 Å². The standard InChI is InChI=1S/C17H29NO/c1-6-15(18)9-8-13(4)16-11-12(3)10-14(5)17(16)19-7-2/h10-11,13,15H,6-9,18H2,1-5H3. The summed E-state index contributed by atoms with van der Waals surface area (Å²) in [6, 6.07) is 4.78. The number of hydrogen-bond acceptors (Lipinski definition) is 2. The van der Waals surface area contributed by atoms with E-state index in [1.165, 1.54) is 16.7 Å². The van der Waals surface area contributed by atoms with Gasteiger partial charge in [0.05, 0.1) is 6.61 Å². The molecule has 2 heteroatoms. The van der Waals surface area contributed by atoms with Crippen LogP contribution in [0.4, 0.5) is 0 Å². The summed E-state index contributed by atoms with van der Waals surface area (Å²) in [6.07, 6.45) is 3.26. The molecule has 0 spiro atoms. The lowest BCUT2D eigenvalue weighted by molar-refractivity contribution is 0.331. The third-order valence-electron chi connectivity index (χ3n) is 3.76. The molecule has 1 rings (SSSR count). The normalized spacial score (nSPS) is 14.2. The molecule has 0 heterocycles. The smallest absolute Gasteiger partial charge is 0.125 e. The molecular weight excluding hydrogens is 234 g/mol. The highest BCUT2D eigenvalue weighted by molar-refractivity contribution is 5.45. The predicted octanol–water partition coefficient (Wildman–Crippen LogP) is 4.32. The Bertz CT molecular complexity index is 400. The lowest BCUT2D eigenvalue weighted by Gasteiger charge is -2.20. The van der Waals surface area contributed by atoms with Gasteiger partial charge in [0.15, 0.2) is 0 Å². The first kappa shape index (κ1) is 16.0. The summed E-state index contributed by atoms with van der Waals surface area (Å²) in [5, 5.41) is 0. The van der Waals surface area contributed by atoms with Crippen LogP contribution in [0, 0.1) is 13.8 Å². The molecule has 0 aliphatic carbocycles. The van der Waals surface area contributed by atoms with Crippen molar-refractivity contribution in [3.05, 3.63) is 28.8 Å². The second-order valence-electron chi connectivity index (χ2n) is 5.58.